The smallest absolute Gasteiger partial charge is 0.258 e. The van der Waals surface area contributed by atoms with E-state index in [1.807, 2.05) is 53.4 Å². The quantitative estimate of drug-likeness (QED) is 0.518. The number of hydrogen-bond donors (Lipinski definition) is 2. The van der Waals surface area contributed by atoms with Crippen molar-refractivity contribution < 1.29 is 19.4 Å². The Morgan fingerprint density at radius 2 is 1.83 bits per heavy atom. The summed E-state index contributed by atoms with van der Waals surface area (Å²) in [6, 6.07) is 14.5. The van der Waals surface area contributed by atoms with Crippen molar-refractivity contribution in [3.05, 3.63) is 83.7 Å². The predicted molar refractivity (Wildman–Crippen MR) is 109 cm³/mol. The van der Waals surface area contributed by atoms with Crippen molar-refractivity contribution in [1.82, 2.24) is 9.88 Å². The van der Waals surface area contributed by atoms with E-state index in [2.05, 4.69) is 5.32 Å². The minimum Gasteiger partial charge on any atom is -0.504 e. The van der Waals surface area contributed by atoms with E-state index < -0.39 is 5.91 Å². The zero-order chi connectivity index (χ0) is 20.4. The number of hydrogen-bond acceptors (Lipinski definition) is 4. The average Bonchev–Trinajstić information content (AvgIpc) is 3.25. The van der Waals surface area contributed by atoms with Crippen LogP contribution >= 0.6 is 0 Å². The number of ether oxygens (including phenoxy) is 1. The Labute approximate surface area is 168 Å². The fourth-order valence-corrected chi connectivity index (χ4v) is 3.46. The lowest BCUT2D eigenvalue weighted by Gasteiger charge is -2.19. The van der Waals surface area contributed by atoms with Gasteiger partial charge in [-0.3, -0.25) is 14.9 Å². The molecule has 0 atom stereocenters. The number of allylic oxidation sites excluding steroid dienone is 1. The van der Waals surface area contributed by atoms with Gasteiger partial charge in [0, 0.05) is 34.8 Å². The van der Waals surface area contributed by atoms with Crippen molar-refractivity contribution in [2.24, 2.45) is 0 Å². The molecule has 1 aromatic heterocycles. The number of aromatic hydroxyl groups is 1. The summed E-state index contributed by atoms with van der Waals surface area (Å²) in [6.07, 6.45) is 6.87. The number of amides is 2. The normalized spacial score (nSPS) is 14.6. The number of methoxy groups -OCH3 is 1. The molecule has 0 aliphatic carbocycles. The molecular weight excluding hydrogens is 368 g/mol. The third-order valence-electron chi connectivity index (χ3n) is 4.94. The first-order chi connectivity index (χ1) is 14.1. The Morgan fingerprint density at radius 3 is 2.55 bits per heavy atom. The van der Waals surface area contributed by atoms with Crippen LogP contribution in [0.1, 0.15) is 27.9 Å². The van der Waals surface area contributed by atoms with Gasteiger partial charge >= 0.3 is 0 Å². The Balaban J connectivity index is 1.62. The highest BCUT2D eigenvalue weighted by Crippen LogP contribution is 2.29. The summed E-state index contributed by atoms with van der Waals surface area (Å²) in [5.41, 5.74) is 3.39. The lowest BCUT2D eigenvalue weighted by Crippen LogP contribution is -2.36. The molecule has 2 N–H and O–H groups in total. The van der Waals surface area contributed by atoms with Gasteiger partial charge < -0.3 is 14.4 Å². The molecule has 0 fully saturated rings. The number of carbonyl (C=O) groups is 2. The lowest BCUT2D eigenvalue weighted by atomic mass is 9.93. The highest BCUT2D eigenvalue weighted by Gasteiger charge is 2.27. The molecule has 146 valence electrons. The molecule has 1 aliphatic rings. The number of aromatic nitrogens is 1. The highest BCUT2D eigenvalue weighted by atomic mass is 16.5. The molecule has 6 nitrogen and oxygen atoms in total. The van der Waals surface area contributed by atoms with Gasteiger partial charge in [-0.1, -0.05) is 12.1 Å². The Kier molecular flexibility index (Phi) is 4.91. The lowest BCUT2D eigenvalue weighted by molar-refractivity contribution is -0.114. The molecule has 0 bridgehead atoms. The van der Waals surface area contributed by atoms with Crippen LogP contribution in [0, 0.1) is 0 Å². The number of nitrogens with zero attached hydrogens (tertiary/aromatic N) is 1. The number of phenols is 1. The van der Waals surface area contributed by atoms with E-state index in [1.54, 1.807) is 18.2 Å². The highest BCUT2D eigenvalue weighted by molar-refractivity contribution is 6.31. The first-order valence-electron chi connectivity index (χ1n) is 9.26. The number of fused-ring (bicyclic) bond motifs is 1. The summed E-state index contributed by atoms with van der Waals surface area (Å²) < 4.78 is 6.98. The molecule has 2 heterocycles. The van der Waals surface area contributed by atoms with Crippen molar-refractivity contribution in [3.63, 3.8) is 0 Å². The molecule has 2 aromatic carbocycles. The van der Waals surface area contributed by atoms with Crippen LogP contribution in [-0.2, 0) is 11.2 Å². The van der Waals surface area contributed by atoms with E-state index in [-0.39, 0.29) is 11.7 Å². The molecule has 0 saturated carbocycles. The zero-order valence-corrected chi connectivity index (χ0v) is 15.9. The third kappa shape index (κ3) is 3.65. The van der Waals surface area contributed by atoms with Gasteiger partial charge in [0.15, 0.2) is 11.5 Å². The summed E-state index contributed by atoms with van der Waals surface area (Å²) in [7, 11) is 1.50. The summed E-state index contributed by atoms with van der Waals surface area (Å²) in [5, 5.41) is 12.3. The number of carbonyl (C=O) groups excluding carboxylic acids is 2. The van der Waals surface area contributed by atoms with Gasteiger partial charge in [0.25, 0.3) is 11.8 Å². The number of benzene rings is 2. The Hall–Kier alpha value is -3.80. The molecule has 2 amide bonds. The molecule has 6 heteroatoms. The van der Waals surface area contributed by atoms with E-state index in [0.717, 1.165) is 11.3 Å². The molecule has 0 unspecified atom stereocenters. The molecule has 0 saturated heterocycles. The van der Waals surface area contributed by atoms with Crippen LogP contribution in [-0.4, -0.2) is 28.6 Å². The first-order valence-corrected chi connectivity index (χ1v) is 9.26. The monoisotopic (exact) mass is 388 g/mol. The van der Waals surface area contributed by atoms with Crippen molar-refractivity contribution in [3.8, 4) is 17.2 Å². The van der Waals surface area contributed by atoms with Gasteiger partial charge in [-0.25, -0.2) is 0 Å². The zero-order valence-electron chi connectivity index (χ0n) is 15.9. The number of phenolic OH excluding ortho intramolecular Hbond substituents is 1. The average molecular weight is 388 g/mol. The van der Waals surface area contributed by atoms with Crippen molar-refractivity contribution in [2.75, 3.05) is 7.11 Å². The number of nitrogens with one attached hydrogen (secondary N) is 1. The second-order valence-corrected chi connectivity index (χ2v) is 6.77. The Bertz CT molecular complexity index is 1110. The summed E-state index contributed by atoms with van der Waals surface area (Å²) >= 11 is 0. The van der Waals surface area contributed by atoms with Crippen molar-refractivity contribution in [1.29, 1.82) is 0 Å². The Morgan fingerprint density at radius 1 is 1.03 bits per heavy atom. The number of aryl methyl sites for hydroxylation is 1. The summed E-state index contributed by atoms with van der Waals surface area (Å²) in [4.78, 5) is 24.7. The van der Waals surface area contributed by atoms with Gasteiger partial charge in [0.1, 0.15) is 0 Å². The second-order valence-electron chi connectivity index (χ2n) is 6.77. The summed E-state index contributed by atoms with van der Waals surface area (Å²) in [6.45, 7) is 0. The van der Waals surface area contributed by atoms with Crippen molar-refractivity contribution in [2.45, 2.75) is 12.8 Å². The van der Waals surface area contributed by atoms with Gasteiger partial charge in [-0.2, -0.15) is 0 Å². The van der Waals surface area contributed by atoms with Crippen LogP contribution in [0.4, 0.5) is 0 Å². The maximum Gasteiger partial charge on any atom is 0.258 e. The molecule has 0 spiro atoms. The minimum atomic E-state index is -0.398. The first kappa shape index (κ1) is 18.6. The summed E-state index contributed by atoms with van der Waals surface area (Å²) in [5.74, 6) is -0.282. The minimum absolute atomic E-state index is 0.0837. The van der Waals surface area contributed by atoms with E-state index in [9.17, 15) is 14.7 Å². The molecule has 4 rings (SSSR count). The van der Waals surface area contributed by atoms with Crippen LogP contribution < -0.4 is 10.1 Å². The standard InChI is InChI=1S/C23H20N2O4/c1-29-21-10-7-15(13-20(21)26)5-4-6-17-19-14-16(25-11-2-3-12-25)8-9-18(19)23(28)24-22(17)27/h2-3,6-14,26H,4-5H2,1H3,(H,24,27,28)/b17-6-. The maximum absolute atomic E-state index is 12.5. The SMILES string of the molecule is COc1ccc(CC/C=C2\C(=O)NC(=O)c3ccc(-n4cccc4)cc32)cc1O. The van der Waals surface area contributed by atoms with Crippen molar-refractivity contribution >= 4 is 17.4 Å². The van der Waals surface area contributed by atoms with Gasteiger partial charge in [-0.15, -0.1) is 0 Å². The molecular formula is C23H20N2O4. The topological polar surface area (TPSA) is 80.6 Å². The molecule has 0 radical (unpaired) electrons. The maximum atomic E-state index is 12.5. The molecule has 29 heavy (non-hydrogen) atoms. The third-order valence-corrected chi connectivity index (χ3v) is 4.94. The van der Waals surface area contributed by atoms with E-state index in [1.165, 1.54) is 7.11 Å². The van der Waals surface area contributed by atoms with E-state index in [4.69, 9.17) is 4.74 Å². The number of imide groups is 1. The largest absolute Gasteiger partial charge is 0.504 e. The van der Waals surface area contributed by atoms with Gasteiger partial charge in [0.05, 0.1) is 7.11 Å². The van der Waals surface area contributed by atoms with Crippen LogP contribution in [0.5, 0.6) is 11.5 Å². The van der Waals surface area contributed by atoms with Gasteiger partial charge in [-0.05, 0) is 60.9 Å². The predicted octanol–water partition coefficient (Wildman–Crippen LogP) is 3.48. The van der Waals surface area contributed by atoms with E-state index in [0.29, 0.717) is 35.3 Å². The number of rotatable bonds is 5. The van der Waals surface area contributed by atoms with Gasteiger partial charge in [0.2, 0.25) is 0 Å². The fourth-order valence-electron chi connectivity index (χ4n) is 3.46. The van der Waals surface area contributed by atoms with Crippen LogP contribution in [0.3, 0.4) is 0 Å². The van der Waals surface area contributed by atoms with Crippen LogP contribution in [0.25, 0.3) is 11.3 Å². The van der Waals surface area contributed by atoms with E-state index >= 15 is 0 Å². The second kappa shape index (κ2) is 7.67. The molecule has 3 aromatic rings. The van der Waals surface area contributed by atoms with Crippen LogP contribution in [0.2, 0.25) is 0 Å². The molecule has 1 aliphatic heterocycles. The van der Waals surface area contributed by atoms with Crippen LogP contribution in [0.15, 0.2) is 67.0 Å². The fraction of sp³-hybridized carbons (Fsp3) is 0.130.